The van der Waals surface area contributed by atoms with Crippen molar-refractivity contribution in [2.75, 3.05) is 19.7 Å². The average molecular weight is 284 g/mol. The van der Waals surface area contributed by atoms with Gasteiger partial charge in [0, 0.05) is 13.1 Å². The van der Waals surface area contributed by atoms with E-state index in [0.717, 1.165) is 25.7 Å². The molecule has 116 valence electrons. The lowest BCUT2D eigenvalue weighted by atomic mass is 9.74. The third-order valence-corrected chi connectivity index (χ3v) is 4.20. The molecule has 0 radical (unpaired) electrons. The quantitative estimate of drug-likeness (QED) is 0.731. The zero-order chi connectivity index (χ0) is 15.2. The fourth-order valence-corrected chi connectivity index (χ4v) is 3.11. The Kier molecular flexibility index (Phi) is 6.30. The number of carbonyl (C=O) groups excluding carboxylic acids is 2. The van der Waals surface area contributed by atoms with E-state index in [2.05, 4.69) is 19.2 Å². The topological polar surface area (TPSA) is 58.6 Å². The van der Waals surface area contributed by atoms with E-state index in [4.69, 9.17) is 4.74 Å². The van der Waals surface area contributed by atoms with Gasteiger partial charge in [-0.15, -0.1) is 0 Å². The molecule has 0 unspecified atom stereocenters. The second kappa shape index (κ2) is 7.50. The van der Waals surface area contributed by atoms with Gasteiger partial charge in [-0.1, -0.05) is 26.7 Å². The number of amides is 2. The molecule has 20 heavy (non-hydrogen) atoms. The predicted octanol–water partition coefficient (Wildman–Crippen LogP) is 2.55. The number of urea groups is 1. The summed E-state index contributed by atoms with van der Waals surface area (Å²) in [4.78, 5) is 26.1. The van der Waals surface area contributed by atoms with E-state index in [0.29, 0.717) is 19.7 Å². The highest BCUT2D eigenvalue weighted by molar-refractivity contribution is 5.82. The number of nitrogens with zero attached hydrogens (tertiary/aromatic N) is 1. The van der Waals surface area contributed by atoms with E-state index in [9.17, 15) is 9.59 Å². The number of hydrogen-bond donors (Lipinski definition) is 1. The highest BCUT2D eigenvalue weighted by Gasteiger charge is 2.51. The van der Waals surface area contributed by atoms with Crippen LogP contribution in [0, 0.1) is 5.41 Å². The smallest absolute Gasteiger partial charge is 0.317 e. The van der Waals surface area contributed by atoms with E-state index in [1.807, 2.05) is 13.8 Å². The second-order valence-electron chi connectivity index (χ2n) is 5.43. The van der Waals surface area contributed by atoms with Crippen molar-refractivity contribution in [3.63, 3.8) is 0 Å². The summed E-state index contributed by atoms with van der Waals surface area (Å²) in [6.07, 6.45) is 3.35. The molecule has 0 aliphatic carbocycles. The molecule has 0 bridgehead atoms. The first-order valence-electron chi connectivity index (χ1n) is 7.78. The third kappa shape index (κ3) is 3.25. The van der Waals surface area contributed by atoms with Crippen molar-refractivity contribution in [3.8, 4) is 0 Å². The van der Waals surface area contributed by atoms with Crippen LogP contribution in [0.25, 0.3) is 0 Å². The number of cyclic esters (lactones) is 1. The molecule has 0 saturated carbocycles. The monoisotopic (exact) mass is 284 g/mol. The Hall–Kier alpha value is -1.26. The summed E-state index contributed by atoms with van der Waals surface area (Å²) in [5.74, 6) is -0.147. The van der Waals surface area contributed by atoms with Crippen molar-refractivity contribution in [2.45, 2.75) is 59.4 Å². The standard InChI is InChI=1S/C15H28N2O3/c1-5-9-15(10-6-2)12(11-20-13(15)18)16-14(19)17(7-3)8-4/h12H,5-11H2,1-4H3,(H,16,19)/t12-/m1/s1. The number of nitrogens with one attached hydrogen (secondary N) is 1. The largest absolute Gasteiger partial charge is 0.463 e. The van der Waals surface area contributed by atoms with Crippen molar-refractivity contribution in [1.29, 1.82) is 0 Å². The molecule has 1 atom stereocenters. The fraction of sp³-hybridized carbons (Fsp3) is 0.867. The second-order valence-corrected chi connectivity index (χ2v) is 5.43. The summed E-state index contributed by atoms with van der Waals surface area (Å²) >= 11 is 0. The molecule has 1 aliphatic rings. The molecule has 0 aromatic heterocycles. The maximum Gasteiger partial charge on any atom is 0.317 e. The van der Waals surface area contributed by atoms with E-state index in [1.54, 1.807) is 4.90 Å². The Balaban J connectivity index is 2.85. The Morgan fingerprint density at radius 1 is 1.25 bits per heavy atom. The van der Waals surface area contributed by atoms with Gasteiger partial charge in [-0.2, -0.15) is 0 Å². The molecule has 1 heterocycles. The average Bonchev–Trinajstić information content (AvgIpc) is 2.70. The van der Waals surface area contributed by atoms with Crippen molar-refractivity contribution < 1.29 is 14.3 Å². The SMILES string of the molecule is CCCC1(CCC)C(=O)OC[C@H]1NC(=O)N(CC)CC. The van der Waals surface area contributed by atoms with Crippen molar-refractivity contribution >= 4 is 12.0 Å². The summed E-state index contributed by atoms with van der Waals surface area (Å²) in [7, 11) is 0. The van der Waals surface area contributed by atoms with E-state index < -0.39 is 5.41 Å². The molecule has 5 heteroatoms. The molecule has 2 amide bonds. The maximum absolute atomic E-state index is 12.2. The Morgan fingerprint density at radius 2 is 1.80 bits per heavy atom. The van der Waals surface area contributed by atoms with Crippen LogP contribution in [0.1, 0.15) is 53.4 Å². The van der Waals surface area contributed by atoms with Crippen LogP contribution in [0.2, 0.25) is 0 Å². The van der Waals surface area contributed by atoms with Crippen LogP contribution in [-0.2, 0) is 9.53 Å². The molecular formula is C15H28N2O3. The van der Waals surface area contributed by atoms with Crippen LogP contribution >= 0.6 is 0 Å². The van der Waals surface area contributed by atoms with E-state index in [1.165, 1.54) is 0 Å². The van der Waals surface area contributed by atoms with Gasteiger partial charge in [0.05, 0.1) is 11.5 Å². The highest BCUT2D eigenvalue weighted by Crippen LogP contribution is 2.39. The lowest BCUT2D eigenvalue weighted by Crippen LogP contribution is -2.52. The molecule has 0 aromatic carbocycles. The van der Waals surface area contributed by atoms with Crippen molar-refractivity contribution in [3.05, 3.63) is 0 Å². The number of rotatable bonds is 7. The zero-order valence-corrected chi connectivity index (χ0v) is 13.2. The van der Waals surface area contributed by atoms with Crippen LogP contribution in [0.5, 0.6) is 0 Å². The van der Waals surface area contributed by atoms with Crippen molar-refractivity contribution in [2.24, 2.45) is 5.41 Å². The molecule has 5 nitrogen and oxygen atoms in total. The van der Waals surface area contributed by atoms with Crippen LogP contribution in [-0.4, -0.2) is 42.6 Å². The summed E-state index contributed by atoms with van der Waals surface area (Å²) < 4.78 is 5.26. The molecule has 1 saturated heterocycles. The minimum atomic E-state index is -0.535. The minimum absolute atomic E-state index is 0.102. The molecule has 1 N–H and O–H groups in total. The van der Waals surface area contributed by atoms with Gasteiger partial charge < -0.3 is 15.0 Å². The summed E-state index contributed by atoms with van der Waals surface area (Å²) in [6, 6.07) is -0.308. The lowest BCUT2D eigenvalue weighted by molar-refractivity contribution is -0.147. The summed E-state index contributed by atoms with van der Waals surface area (Å²) in [6.45, 7) is 9.65. The summed E-state index contributed by atoms with van der Waals surface area (Å²) in [5.41, 5.74) is -0.535. The summed E-state index contributed by atoms with van der Waals surface area (Å²) in [5, 5.41) is 3.01. The third-order valence-electron chi connectivity index (χ3n) is 4.20. The maximum atomic E-state index is 12.2. The highest BCUT2D eigenvalue weighted by atomic mass is 16.5. The number of esters is 1. The van der Waals surface area contributed by atoms with Gasteiger partial charge in [0.25, 0.3) is 0 Å². The van der Waals surface area contributed by atoms with Gasteiger partial charge in [-0.25, -0.2) is 4.79 Å². The van der Waals surface area contributed by atoms with E-state index >= 15 is 0 Å². The first-order chi connectivity index (χ1) is 9.55. The predicted molar refractivity (Wildman–Crippen MR) is 78.4 cm³/mol. The van der Waals surface area contributed by atoms with Gasteiger partial charge >= 0.3 is 12.0 Å². The zero-order valence-electron chi connectivity index (χ0n) is 13.2. The van der Waals surface area contributed by atoms with Crippen LogP contribution in [0.15, 0.2) is 0 Å². The molecule has 1 fully saturated rings. The number of carbonyl (C=O) groups is 2. The molecular weight excluding hydrogens is 256 g/mol. The molecule has 1 aliphatic heterocycles. The number of hydrogen-bond acceptors (Lipinski definition) is 3. The Labute approximate surface area is 122 Å². The lowest BCUT2D eigenvalue weighted by Gasteiger charge is -2.32. The van der Waals surface area contributed by atoms with Crippen LogP contribution in [0.3, 0.4) is 0 Å². The molecule has 0 aromatic rings. The first kappa shape index (κ1) is 16.8. The normalized spacial score (nSPS) is 20.6. The fourth-order valence-electron chi connectivity index (χ4n) is 3.11. The van der Waals surface area contributed by atoms with Gasteiger partial charge in [-0.3, -0.25) is 4.79 Å². The van der Waals surface area contributed by atoms with Crippen LogP contribution in [0.4, 0.5) is 4.79 Å². The number of ether oxygens (including phenoxy) is 1. The van der Waals surface area contributed by atoms with Gasteiger partial charge in [0.15, 0.2) is 0 Å². The first-order valence-corrected chi connectivity index (χ1v) is 7.78. The van der Waals surface area contributed by atoms with Crippen molar-refractivity contribution in [1.82, 2.24) is 10.2 Å². The van der Waals surface area contributed by atoms with Gasteiger partial charge in [0.2, 0.25) is 0 Å². The van der Waals surface area contributed by atoms with E-state index in [-0.39, 0.29) is 18.0 Å². The van der Waals surface area contributed by atoms with Gasteiger partial charge in [-0.05, 0) is 26.7 Å². The Morgan fingerprint density at radius 3 is 2.25 bits per heavy atom. The Bertz CT molecular complexity index is 334. The van der Waals surface area contributed by atoms with Gasteiger partial charge in [0.1, 0.15) is 6.61 Å². The molecule has 0 spiro atoms. The van der Waals surface area contributed by atoms with Crippen LogP contribution < -0.4 is 5.32 Å². The molecule has 1 rings (SSSR count). The minimum Gasteiger partial charge on any atom is -0.463 e.